The summed E-state index contributed by atoms with van der Waals surface area (Å²) in [7, 11) is 0. The van der Waals surface area contributed by atoms with Crippen LogP contribution in [0, 0.1) is 5.92 Å². The van der Waals surface area contributed by atoms with Gasteiger partial charge in [0, 0.05) is 12.5 Å². The first-order chi connectivity index (χ1) is 9.71. The quantitative estimate of drug-likeness (QED) is 0.615. The second kappa shape index (κ2) is 10.4. The molecule has 118 valence electrons. The Morgan fingerprint density at radius 3 is 2.40 bits per heavy atom. The predicted octanol–water partition coefficient (Wildman–Crippen LogP) is 3.03. The molecule has 5 heteroatoms. The lowest BCUT2D eigenvalue weighted by atomic mass is 10.0. The van der Waals surface area contributed by atoms with E-state index in [4.69, 9.17) is 21.1 Å². The van der Waals surface area contributed by atoms with Gasteiger partial charge in [-0.05, 0) is 12.8 Å². The lowest BCUT2D eigenvalue weighted by molar-refractivity contribution is -0.208. The molecule has 0 bridgehead atoms. The number of hydrogen-bond acceptors (Lipinski definition) is 3. The highest BCUT2D eigenvalue weighted by Gasteiger charge is 2.25. The summed E-state index contributed by atoms with van der Waals surface area (Å²) in [5, 5.41) is 0. The molecule has 1 saturated heterocycles. The lowest BCUT2D eigenvalue weighted by Crippen LogP contribution is -2.44. The summed E-state index contributed by atoms with van der Waals surface area (Å²) in [6.07, 6.45) is 5.32. The second-order valence-corrected chi connectivity index (χ2v) is 5.70. The van der Waals surface area contributed by atoms with Crippen LogP contribution < -0.4 is 0 Å². The van der Waals surface area contributed by atoms with Crippen LogP contribution in [0.3, 0.4) is 0 Å². The third kappa shape index (κ3) is 6.42. The zero-order valence-electron chi connectivity index (χ0n) is 12.8. The molecule has 1 fully saturated rings. The van der Waals surface area contributed by atoms with E-state index in [9.17, 15) is 4.79 Å². The summed E-state index contributed by atoms with van der Waals surface area (Å²) < 4.78 is 11.5. The first-order valence-corrected chi connectivity index (χ1v) is 8.31. The highest BCUT2D eigenvalue weighted by atomic mass is 35.5. The van der Waals surface area contributed by atoms with Crippen LogP contribution in [-0.4, -0.2) is 49.3 Å². The maximum atomic E-state index is 11.8. The molecule has 4 nitrogen and oxygen atoms in total. The van der Waals surface area contributed by atoms with Gasteiger partial charge in [0.05, 0.1) is 19.8 Å². The van der Waals surface area contributed by atoms with E-state index < -0.39 is 0 Å². The van der Waals surface area contributed by atoms with Gasteiger partial charge < -0.3 is 14.4 Å². The number of amides is 1. The number of nitrogens with zero attached hydrogens (tertiary/aromatic N) is 1. The minimum absolute atomic E-state index is 0.0234. The molecule has 0 aromatic rings. The summed E-state index contributed by atoms with van der Waals surface area (Å²) in [6, 6.07) is 0. The Bertz CT molecular complexity index is 268. The smallest absolute Gasteiger partial charge is 0.237 e. The van der Waals surface area contributed by atoms with Crippen molar-refractivity contribution in [3.05, 3.63) is 0 Å². The van der Waals surface area contributed by atoms with Gasteiger partial charge in [-0.3, -0.25) is 4.79 Å². The van der Waals surface area contributed by atoms with E-state index in [2.05, 4.69) is 13.8 Å². The average molecular weight is 306 g/mol. The summed E-state index contributed by atoms with van der Waals surface area (Å²) in [6.45, 7) is 6.99. The number of carbonyl (C=O) groups is 1. The monoisotopic (exact) mass is 305 g/mol. The Hall–Kier alpha value is -0.320. The molecule has 1 rings (SSSR count). The van der Waals surface area contributed by atoms with E-state index in [1.165, 1.54) is 12.8 Å². The van der Waals surface area contributed by atoms with Gasteiger partial charge in [0.25, 0.3) is 0 Å². The van der Waals surface area contributed by atoms with Crippen molar-refractivity contribution in [2.75, 3.05) is 32.2 Å². The third-order valence-corrected chi connectivity index (χ3v) is 3.85. The van der Waals surface area contributed by atoms with Crippen LogP contribution in [0.5, 0.6) is 0 Å². The van der Waals surface area contributed by atoms with Gasteiger partial charge in [0.2, 0.25) is 5.91 Å². The minimum Gasteiger partial charge on any atom is -0.350 e. The van der Waals surface area contributed by atoms with E-state index in [1.54, 1.807) is 4.90 Å². The van der Waals surface area contributed by atoms with Gasteiger partial charge >= 0.3 is 0 Å². The molecule has 0 aliphatic carbocycles. The Kier molecular flexibility index (Phi) is 9.23. The molecule has 1 heterocycles. The summed E-state index contributed by atoms with van der Waals surface area (Å²) in [5.41, 5.74) is 0. The van der Waals surface area contributed by atoms with Gasteiger partial charge in [-0.25, -0.2) is 0 Å². The highest BCUT2D eigenvalue weighted by Crippen LogP contribution is 2.18. The van der Waals surface area contributed by atoms with E-state index in [-0.39, 0.29) is 18.1 Å². The summed E-state index contributed by atoms with van der Waals surface area (Å²) >= 11 is 5.65. The molecule has 0 saturated carbocycles. The van der Waals surface area contributed by atoms with Gasteiger partial charge in [0.1, 0.15) is 5.88 Å². The summed E-state index contributed by atoms with van der Waals surface area (Å²) in [4.78, 5) is 13.5. The predicted molar refractivity (Wildman–Crippen MR) is 80.9 cm³/mol. The van der Waals surface area contributed by atoms with Crippen molar-refractivity contribution in [2.45, 2.75) is 52.2 Å². The number of rotatable bonds is 9. The molecule has 0 unspecified atom stereocenters. The molecule has 0 atom stereocenters. The zero-order valence-corrected chi connectivity index (χ0v) is 13.5. The molecule has 0 spiro atoms. The third-order valence-electron chi connectivity index (χ3n) is 3.62. The molecule has 0 N–H and O–H groups in total. The van der Waals surface area contributed by atoms with Crippen LogP contribution in [0.15, 0.2) is 0 Å². The van der Waals surface area contributed by atoms with Crippen molar-refractivity contribution in [3.63, 3.8) is 0 Å². The fourth-order valence-corrected chi connectivity index (χ4v) is 2.45. The molecular weight excluding hydrogens is 278 g/mol. The SMILES string of the molecule is CCCCC1COC(CN(CCCC)C(=O)CCl)OC1. The molecule has 0 aromatic carbocycles. The standard InChI is InChI=1S/C15H28ClNO3/c1-3-5-7-13-11-19-15(20-12-13)10-17(8-6-4-2)14(18)9-16/h13,15H,3-12H2,1-2H3. The minimum atomic E-state index is -0.295. The number of carbonyl (C=O) groups excluding carboxylic acids is 1. The maximum Gasteiger partial charge on any atom is 0.237 e. The highest BCUT2D eigenvalue weighted by molar-refractivity contribution is 6.27. The molecule has 1 amide bonds. The van der Waals surface area contributed by atoms with E-state index in [0.29, 0.717) is 12.5 Å². The lowest BCUT2D eigenvalue weighted by Gasteiger charge is -2.33. The number of unbranched alkanes of at least 4 members (excludes halogenated alkanes) is 2. The van der Waals surface area contributed by atoms with Gasteiger partial charge in [0.15, 0.2) is 6.29 Å². The topological polar surface area (TPSA) is 38.8 Å². The number of ether oxygens (including phenoxy) is 2. The molecule has 0 aromatic heterocycles. The van der Waals surface area contributed by atoms with Gasteiger partial charge in [-0.15, -0.1) is 11.6 Å². The van der Waals surface area contributed by atoms with E-state index in [1.807, 2.05) is 0 Å². The Labute approximate surface area is 127 Å². The molecular formula is C15H28ClNO3. The van der Waals surface area contributed by atoms with Crippen LogP contribution in [-0.2, 0) is 14.3 Å². The van der Waals surface area contributed by atoms with Gasteiger partial charge in [-0.2, -0.15) is 0 Å². The van der Waals surface area contributed by atoms with Crippen molar-refractivity contribution in [2.24, 2.45) is 5.92 Å². The number of alkyl halides is 1. The first-order valence-electron chi connectivity index (χ1n) is 7.78. The zero-order chi connectivity index (χ0) is 14.8. The van der Waals surface area contributed by atoms with Crippen LogP contribution in [0.1, 0.15) is 46.0 Å². The van der Waals surface area contributed by atoms with Crippen molar-refractivity contribution < 1.29 is 14.3 Å². The number of halogens is 1. The maximum absolute atomic E-state index is 11.8. The van der Waals surface area contributed by atoms with Crippen LogP contribution in [0.2, 0.25) is 0 Å². The average Bonchev–Trinajstić information content (AvgIpc) is 2.49. The summed E-state index contributed by atoms with van der Waals surface area (Å²) in [5.74, 6) is 0.481. The van der Waals surface area contributed by atoms with Crippen LogP contribution in [0.25, 0.3) is 0 Å². The van der Waals surface area contributed by atoms with E-state index >= 15 is 0 Å². The van der Waals surface area contributed by atoms with Crippen molar-refractivity contribution >= 4 is 17.5 Å². The molecule has 1 aliphatic rings. The largest absolute Gasteiger partial charge is 0.350 e. The van der Waals surface area contributed by atoms with Crippen LogP contribution in [0.4, 0.5) is 0 Å². The van der Waals surface area contributed by atoms with Crippen molar-refractivity contribution in [1.82, 2.24) is 4.90 Å². The van der Waals surface area contributed by atoms with Crippen LogP contribution >= 0.6 is 11.6 Å². The molecule has 1 aliphatic heterocycles. The van der Waals surface area contributed by atoms with Gasteiger partial charge in [-0.1, -0.05) is 33.1 Å². The fraction of sp³-hybridized carbons (Fsp3) is 0.933. The first kappa shape index (κ1) is 17.7. The second-order valence-electron chi connectivity index (χ2n) is 5.43. The molecule has 20 heavy (non-hydrogen) atoms. The normalized spacial score (nSPS) is 22.8. The Morgan fingerprint density at radius 2 is 1.85 bits per heavy atom. The Balaban J connectivity index is 2.33. The fourth-order valence-electron chi connectivity index (χ4n) is 2.28. The van der Waals surface area contributed by atoms with Crippen molar-refractivity contribution in [1.29, 1.82) is 0 Å². The molecule has 0 radical (unpaired) electrons. The number of hydrogen-bond donors (Lipinski definition) is 0. The van der Waals surface area contributed by atoms with E-state index in [0.717, 1.165) is 39.0 Å². The Morgan fingerprint density at radius 1 is 1.20 bits per heavy atom. The van der Waals surface area contributed by atoms with Crippen molar-refractivity contribution in [3.8, 4) is 0 Å².